The topological polar surface area (TPSA) is 73.8 Å². The molecule has 0 N–H and O–H groups in total. The zero-order valence-electron chi connectivity index (χ0n) is 20.1. The summed E-state index contributed by atoms with van der Waals surface area (Å²) in [5.41, 5.74) is 1.02. The minimum Gasteiger partial charge on any atom is -0.378 e. The summed E-state index contributed by atoms with van der Waals surface area (Å²) in [7, 11) is -5.72. The highest BCUT2D eigenvalue weighted by Crippen LogP contribution is 2.57. The molecule has 12 heteroatoms. The fourth-order valence-corrected chi connectivity index (χ4v) is 27.9. The number of rotatable bonds is 8. The fraction of sp³-hybridized carbons (Fsp3) is 1.00. The van der Waals surface area contributed by atoms with E-state index in [-0.39, 0.29) is 22.2 Å². The Morgan fingerprint density at radius 2 is 0.594 bits per heavy atom. The molecule has 0 unspecified atom stereocenters. The SMILES string of the molecule is CO[Si]1(C2CCC2)O[Si](OC)(C2CCC2)O[Si](OC)(C2CCC2)O[Si](OC)(C2CCC2)O1. The summed E-state index contributed by atoms with van der Waals surface area (Å²) in [5.74, 6) is 0. The van der Waals surface area contributed by atoms with E-state index in [9.17, 15) is 0 Å². The van der Waals surface area contributed by atoms with Crippen LogP contribution < -0.4 is 0 Å². The van der Waals surface area contributed by atoms with E-state index in [0.717, 1.165) is 51.4 Å². The molecule has 1 heterocycles. The largest absolute Gasteiger partial charge is 0.489 e. The van der Waals surface area contributed by atoms with Crippen molar-refractivity contribution in [2.75, 3.05) is 28.4 Å². The Morgan fingerprint density at radius 3 is 0.688 bits per heavy atom. The monoisotopic (exact) mass is 520 g/mol. The van der Waals surface area contributed by atoms with Crippen LogP contribution in [-0.2, 0) is 34.2 Å². The summed E-state index contributed by atoms with van der Waals surface area (Å²) >= 11 is 0. The van der Waals surface area contributed by atoms with Crippen LogP contribution in [0.25, 0.3) is 0 Å². The second-order valence-corrected chi connectivity index (χ2v) is 23.1. The summed E-state index contributed by atoms with van der Waals surface area (Å²) in [6, 6.07) is 0. The van der Waals surface area contributed by atoms with Gasteiger partial charge in [-0.3, -0.25) is 0 Å². The van der Waals surface area contributed by atoms with Gasteiger partial charge in [0, 0.05) is 50.6 Å². The highest BCUT2D eigenvalue weighted by molar-refractivity contribution is 6.90. The van der Waals surface area contributed by atoms with Crippen LogP contribution in [0.4, 0.5) is 0 Å². The molecule has 5 aliphatic rings. The third-order valence-electron chi connectivity index (χ3n) is 8.70. The first-order chi connectivity index (χ1) is 15.5. The Labute approximate surface area is 197 Å². The van der Waals surface area contributed by atoms with Crippen LogP contribution in [-0.4, -0.2) is 63.7 Å². The highest BCUT2D eigenvalue weighted by Gasteiger charge is 2.75. The van der Waals surface area contributed by atoms with Gasteiger partial charge in [0.25, 0.3) is 0 Å². The van der Waals surface area contributed by atoms with Crippen LogP contribution >= 0.6 is 0 Å². The van der Waals surface area contributed by atoms with Gasteiger partial charge in [-0.25, -0.2) is 0 Å². The van der Waals surface area contributed by atoms with E-state index in [1.54, 1.807) is 28.4 Å². The van der Waals surface area contributed by atoms with Gasteiger partial charge in [0.05, 0.1) is 0 Å². The first-order valence-corrected chi connectivity index (χ1v) is 19.7. The van der Waals surface area contributed by atoms with Crippen LogP contribution in [0.3, 0.4) is 0 Å². The van der Waals surface area contributed by atoms with Crippen molar-refractivity contribution in [2.45, 2.75) is 99.2 Å². The lowest BCUT2D eigenvalue weighted by atomic mass is 10.00. The molecule has 4 saturated carbocycles. The first-order valence-electron chi connectivity index (χ1n) is 12.5. The fourth-order valence-electron chi connectivity index (χ4n) is 5.59. The van der Waals surface area contributed by atoms with Gasteiger partial charge in [-0.2, -0.15) is 0 Å². The second kappa shape index (κ2) is 9.21. The van der Waals surface area contributed by atoms with Gasteiger partial charge in [0.15, 0.2) is 0 Å². The average Bonchev–Trinajstić information content (AvgIpc) is 2.60. The predicted octanol–water partition coefficient (Wildman–Crippen LogP) is 4.62. The van der Waals surface area contributed by atoms with Crippen molar-refractivity contribution in [3.63, 3.8) is 0 Å². The molecular weight excluding hydrogens is 481 g/mol. The molecule has 5 fully saturated rings. The molecule has 0 atom stereocenters. The maximum atomic E-state index is 7.14. The van der Waals surface area contributed by atoms with Crippen LogP contribution in [0.15, 0.2) is 0 Å². The molecule has 0 aromatic heterocycles. The van der Waals surface area contributed by atoms with Crippen molar-refractivity contribution in [1.29, 1.82) is 0 Å². The van der Waals surface area contributed by atoms with Gasteiger partial charge in [-0.1, -0.05) is 25.7 Å². The Balaban J connectivity index is 1.61. The van der Waals surface area contributed by atoms with E-state index < -0.39 is 35.2 Å². The molecular formula is C20H40O8Si4. The maximum Gasteiger partial charge on any atom is 0.489 e. The highest BCUT2D eigenvalue weighted by atomic mass is 28.6. The zero-order valence-corrected chi connectivity index (χ0v) is 24.1. The molecule has 0 aromatic rings. The summed E-state index contributed by atoms with van der Waals surface area (Å²) in [5, 5.41) is 0. The molecule has 0 aromatic carbocycles. The molecule has 0 radical (unpaired) electrons. The van der Waals surface area contributed by atoms with E-state index in [1.165, 1.54) is 25.7 Å². The Hall–Kier alpha value is 0.548. The molecule has 1 saturated heterocycles. The average molecular weight is 521 g/mol. The molecule has 0 spiro atoms. The Morgan fingerprint density at radius 1 is 0.406 bits per heavy atom. The zero-order chi connectivity index (χ0) is 22.5. The van der Waals surface area contributed by atoms with E-state index >= 15 is 0 Å². The molecule has 0 amide bonds. The van der Waals surface area contributed by atoms with Crippen molar-refractivity contribution in [2.24, 2.45) is 0 Å². The van der Waals surface area contributed by atoms with Crippen LogP contribution in [0.1, 0.15) is 77.0 Å². The lowest BCUT2D eigenvalue weighted by Gasteiger charge is -2.57. The minimum absolute atomic E-state index is 0.254. The van der Waals surface area contributed by atoms with Crippen LogP contribution in [0.2, 0.25) is 22.2 Å². The van der Waals surface area contributed by atoms with E-state index in [2.05, 4.69) is 0 Å². The summed E-state index contributed by atoms with van der Waals surface area (Å²) in [4.78, 5) is 0. The van der Waals surface area contributed by atoms with E-state index in [1.807, 2.05) is 0 Å². The Bertz CT molecular complexity index is 548. The van der Waals surface area contributed by atoms with Crippen molar-refractivity contribution >= 4 is 35.2 Å². The lowest BCUT2D eigenvalue weighted by molar-refractivity contribution is 0.00611. The molecule has 0 bridgehead atoms. The predicted molar refractivity (Wildman–Crippen MR) is 126 cm³/mol. The summed E-state index contributed by atoms with van der Waals surface area (Å²) < 4.78 is 53.7. The lowest BCUT2D eigenvalue weighted by Crippen LogP contribution is -2.77. The van der Waals surface area contributed by atoms with Crippen LogP contribution in [0, 0.1) is 0 Å². The molecule has 5 rings (SSSR count). The molecule has 4 aliphatic carbocycles. The van der Waals surface area contributed by atoms with Gasteiger partial charge in [-0.05, 0) is 51.4 Å². The van der Waals surface area contributed by atoms with Gasteiger partial charge in [-0.15, -0.1) is 0 Å². The molecule has 1 aliphatic heterocycles. The van der Waals surface area contributed by atoms with E-state index in [0.29, 0.717) is 0 Å². The maximum absolute atomic E-state index is 7.14. The molecule has 32 heavy (non-hydrogen) atoms. The minimum atomic E-state index is -3.17. The van der Waals surface area contributed by atoms with Crippen molar-refractivity contribution in [1.82, 2.24) is 0 Å². The molecule has 8 nitrogen and oxygen atoms in total. The first kappa shape index (κ1) is 24.3. The third-order valence-corrected chi connectivity index (χ3v) is 26.4. The Kier molecular flexibility index (Phi) is 6.98. The van der Waals surface area contributed by atoms with Gasteiger partial charge in [0.1, 0.15) is 0 Å². The van der Waals surface area contributed by atoms with Crippen molar-refractivity contribution in [3.05, 3.63) is 0 Å². The van der Waals surface area contributed by atoms with Crippen molar-refractivity contribution < 1.29 is 34.2 Å². The van der Waals surface area contributed by atoms with Crippen LogP contribution in [0.5, 0.6) is 0 Å². The van der Waals surface area contributed by atoms with E-state index in [4.69, 9.17) is 34.2 Å². The normalized spacial score (nSPS) is 44.6. The third kappa shape index (κ3) is 3.73. The quantitative estimate of drug-likeness (QED) is 0.429. The number of hydrogen-bond donors (Lipinski definition) is 0. The standard InChI is InChI=1S/C20H40O8Si4/c1-21-29(17-9-5-10-17)25-30(22-2,18-11-6-12-18)27-32(24-4,20-15-8-16-20)28-31(23-3,26-29)19-13-7-14-19/h17-20H,5-16H2,1-4H3. The summed E-state index contributed by atoms with van der Waals surface area (Å²) in [6.45, 7) is 0. The summed E-state index contributed by atoms with van der Waals surface area (Å²) in [6.07, 6.45) is 13.1. The van der Waals surface area contributed by atoms with Gasteiger partial charge < -0.3 is 34.2 Å². The smallest absolute Gasteiger partial charge is 0.378 e. The number of hydrogen-bond acceptors (Lipinski definition) is 8. The van der Waals surface area contributed by atoms with Gasteiger partial charge >= 0.3 is 35.2 Å². The molecule has 184 valence electrons. The van der Waals surface area contributed by atoms with Crippen molar-refractivity contribution in [3.8, 4) is 0 Å². The second-order valence-electron chi connectivity index (χ2n) is 10.2. The van der Waals surface area contributed by atoms with Gasteiger partial charge in [0.2, 0.25) is 0 Å².